The lowest BCUT2D eigenvalue weighted by Crippen LogP contribution is -2.00. The van der Waals surface area contributed by atoms with Crippen molar-refractivity contribution in [3.05, 3.63) is 48.3 Å². The maximum Gasteiger partial charge on any atom is 0.153 e. The van der Waals surface area contributed by atoms with Crippen LogP contribution in [0, 0.1) is 6.92 Å². The van der Waals surface area contributed by atoms with Crippen molar-refractivity contribution in [3.8, 4) is 5.69 Å². The Morgan fingerprint density at radius 2 is 1.81 bits per heavy atom. The van der Waals surface area contributed by atoms with Crippen LogP contribution in [0.5, 0.6) is 0 Å². The molecule has 4 nitrogen and oxygen atoms in total. The predicted octanol–water partition coefficient (Wildman–Crippen LogP) is 2.12. The Labute approximate surface area is 92.5 Å². The number of tetrazole rings is 1. The lowest BCUT2D eigenvalue weighted by molar-refractivity contribution is 0.784. The lowest BCUT2D eigenvalue weighted by atomic mass is 10.1. The molecule has 3 rings (SSSR count). The van der Waals surface area contributed by atoms with Gasteiger partial charge in [-0.2, -0.15) is 4.68 Å². The van der Waals surface area contributed by atoms with Crippen LogP contribution in [0.25, 0.3) is 16.5 Å². The fraction of sp³-hybridized carbons (Fsp3) is 0.0833. The first-order chi connectivity index (χ1) is 7.86. The van der Waals surface area contributed by atoms with Gasteiger partial charge in [-0.05, 0) is 28.8 Å². The molecule has 0 N–H and O–H groups in total. The summed E-state index contributed by atoms with van der Waals surface area (Å²) in [4.78, 5) is 0. The highest BCUT2D eigenvalue weighted by atomic mass is 15.5. The summed E-state index contributed by atoms with van der Waals surface area (Å²) < 4.78 is 1.75. The Hall–Kier alpha value is -2.23. The van der Waals surface area contributed by atoms with Gasteiger partial charge in [0.15, 0.2) is 5.82 Å². The van der Waals surface area contributed by atoms with Gasteiger partial charge < -0.3 is 0 Å². The first-order valence-electron chi connectivity index (χ1n) is 5.09. The van der Waals surface area contributed by atoms with Crippen molar-refractivity contribution in [1.82, 2.24) is 20.2 Å². The molecule has 0 unspecified atom stereocenters. The number of benzene rings is 2. The predicted molar refractivity (Wildman–Crippen MR) is 61.4 cm³/mol. The van der Waals surface area contributed by atoms with E-state index in [1.54, 1.807) is 4.68 Å². The molecule has 0 atom stereocenters. The Bertz CT molecular complexity index is 637. The van der Waals surface area contributed by atoms with Gasteiger partial charge >= 0.3 is 0 Å². The van der Waals surface area contributed by atoms with Crippen molar-refractivity contribution in [1.29, 1.82) is 0 Å². The summed E-state index contributed by atoms with van der Waals surface area (Å²) in [6.07, 6.45) is 0. The molecule has 0 amide bonds. The third-order valence-electron chi connectivity index (χ3n) is 2.62. The summed E-state index contributed by atoms with van der Waals surface area (Å²) in [5.74, 6) is 0.788. The summed E-state index contributed by atoms with van der Waals surface area (Å²) >= 11 is 0. The van der Waals surface area contributed by atoms with E-state index in [2.05, 4.69) is 33.7 Å². The van der Waals surface area contributed by atoms with Crippen molar-refractivity contribution in [2.45, 2.75) is 6.92 Å². The molecule has 0 saturated heterocycles. The molecule has 0 spiro atoms. The van der Waals surface area contributed by atoms with Gasteiger partial charge in [0.05, 0.1) is 5.69 Å². The van der Waals surface area contributed by atoms with Crippen LogP contribution in [0.15, 0.2) is 42.5 Å². The second-order valence-corrected chi connectivity index (χ2v) is 3.64. The molecule has 4 heteroatoms. The number of aromatic nitrogens is 4. The SMILES string of the molecule is Cc1nnnn1-c1cccc2ccccc12. The quantitative estimate of drug-likeness (QED) is 0.618. The van der Waals surface area contributed by atoms with E-state index in [0.717, 1.165) is 16.9 Å². The lowest BCUT2D eigenvalue weighted by Gasteiger charge is -2.05. The van der Waals surface area contributed by atoms with Gasteiger partial charge in [0.2, 0.25) is 0 Å². The molecule has 2 aromatic carbocycles. The van der Waals surface area contributed by atoms with Gasteiger partial charge in [-0.1, -0.05) is 36.4 Å². The Morgan fingerprint density at radius 3 is 2.62 bits per heavy atom. The van der Waals surface area contributed by atoms with Crippen LogP contribution in [0.2, 0.25) is 0 Å². The van der Waals surface area contributed by atoms with Crippen LogP contribution >= 0.6 is 0 Å². The highest BCUT2D eigenvalue weighted by Crippen LogP contribution is 2.21. The highest BCUT2D eigenvalue weighted by Gasteiger charge is 2.06. The van der Waals surface area contributed by atoms with Crippen molar-refractivity contribution in [2.24, 2.45) is 0 Å². The van der Waals surface area contributed by atoms with Crippen molar-refractivity contribution >= 4 is 10.8 Å². The van der Waals surface area contributed by atoms with Gasteiger partial charge in [-0.3, -0.25) is 0 Å². The molecule has 3 aromatic rings. The second-order valence-electron chi connectivity index (χ2n) is 3.64. The third-order valence-corrected chi connectivity index (χ3v) is 2.62. The number of rotatable bonds is 1. The zero-order valence-electron chi connectivity index (χ0n) is 8.83. The van der Waals surface area contributed by atoms with E-state index in [4.69, 9.17) is 0 Å². The third kappa shape index (κ3) is 1.27. The Morgan fingerprint density at radius 1 is 1.00 bits per heavy atom. The highest BCUT2D eigenvalue weighted by molar-refractivity contribution is 5.89. The Kier molecular flexibility index (Phi) is 1.93. The van der Waals surface area contributed by atoms with E-state index in [0.29, 0.717) is 0 Å². The number of hydrogen-bond acceptors (Lipinski definition) is 3. The molecule has 0 aliphatic rings. The number of hydrogen-bond donors (Lipinski definition) is 0. The number of fused-ring (bicyclic) bond motifs is 1. The maximum atomic E-state index is 3.99. The molecule has 0 radical (unpaired) electrons. The summed E-state index contributed by atoms with van der Waals surface area (Å²) in [6, 6.07) is 14.3. The van der Waals surface area contributed by atoms with Gasteiger partial charge in [0, 0.05) is 5.39 Å². The molecule has 1 aromatic heterocycles. The fourth-order valence-corrected chi connectivity index (χ4v) is 1.85. The second kappa shape index (κ2) is 3.41. The summed E-state index contributed by atoms with van der Waals surface area (Å²) in [5, 5.41) is 13.9. The normalized spacial score (nSPS) is 10.8. The van der Waals surface area contributed by atoms with Crippen LogP contribution in [-0.2, 0) is 0 Å². The van der Waals surface area contributed by atoms with E-state index in [-0.39, 0.29) is 0 Å². The molecule has 0 aliphatic heterocycles. The summed E-state index contributed by atoms with van der Waals surface area (Å²) in [5.41, 5.74) is 1.01. The van der Waals surface area contributed by atoms with Crippen molar-refractivity contribution < 1.29 is 0 Å². The number of nitrogens with zero attached hydrogens (tertiary/aromatic N) is 4. The smallest absolute Gasteiger partial charge is 0.153 e. The minimum atomic E-state index is 0.788. The van der Waals surface area contributed by atoms with Gasteiger partial charge in [-0.15, -0.1) is 5.10 Å². The monoisotopic (exact) mass is 210 g/mol. The largest absolute Gasteiger partial charge is 0.197 e. The van der Waals surface area contributed by atoms with Gasteiger partial charge in [0.1, 0.15) is 0 Å². The topological polar surface area (TPSA) is 43.6 Å². The first-order valence-corrected chi connectivity index (χ1v) is 5.09. The van der Waals surface area contributed by atoms with E-state index >= 15 is 0 Å². The average Bonchev–Trinajstić information content (AvgIpc) is 2.75. The van der Waals surface area contributed by atoms with E-state index < -0.39 is 0 Å². The van der Waals surface area contributed by atoms with Crippen LogP contribution in [0.4, 0.5) is 0 Å². The van der Waals surface area contributed by atoms with Crippen molar-refractivity contribution in [3.63, 3.8) is 0 Å². The van der Waals surface area contributed by atoms with E-state index in [9.17, 15) is 0 Å². The number of aryl methyl sites for hydroxylation is 1. The maximum absolute atomic E-state index is 3.99. The Balaban J connectivity index is 2.36. The average molecular weight is 210 g/mol. The van der Waals surface area contributed by atoms with E-state index in [1.807, 2.05) is 31.2 Å². The summed E-state index contributed by atoms with van der Waals surface area (Å²) in [6.45, 7) is 1.89. The van der Waals surface area contributed by atoms with Crippen LogP contribution in [0.3, 0.4) is 0 Å². The molecule has 16 heavy (non-hydrogen) atoms. The van der Waals surface area contributed by atoms with Gasteiger partial charge in [-0.25, -0.2) is 0 Å². The molecule has 0 aliphatic carbocycles. The molecular formula is C12H10N4. The molecule has 1 heterocycles. The standard InChI is InChI=1S/C12H10N4/c1-9-13-14-15-16(9)12-8-4-6-10-5-2-3-7-11(10)12/h2-8H,1H3. The minimum Gasteiger partial charge on any atom is -0.197 e. The zero-order chi connectivity index (χ0) is 11.0. The summed E-state index contributed by atoms with van der Waals surface area (Å²) in [7, 11) is 0. The first kappa shape index (κ1) is 9.03. The molecule has 0 fully saturated rings. The van der Waals surface area contributed by atoms with Crippen LogP contribution in [-0.4, -0.2) is 20.2 Å². The van der Waals surface area contributed by atoms with Crippen LogP contribution in [0.1, 0.15) is 5.82 Å². The van der Waals surface area contributed by atoms with Crippen molar-refractivity contribution in [2.75, 3.05) is 0 Å². The minimum absolute atomic E-state index is 0.788. The van der Waals surface area contributed by atoms with Gasteiger partial charge in [0.25, 0.3) is 0 Å². The van der Waals surface area contributed by atoms with E-state index in [1.165, 1.54) is 5.39 Å². The zero-order valence-corrected chi connectivity index (χ0v) is 8.83. The van der Waals surface area contributed by atoms with Crippen LogP contribution < -0.4 is 0 Å². The molecule has 78 valence electrons. The fourth-order valence-electron chi connectivity index (χ4n) is 1.85. The molecular weight excluding hydrogens is 200 g/mol. The molecule has 0 bridgehead atoms. The molecule has 0 saturated carbocycles.